The molecular formula is C10H13Cl2N3. The Labute approximate surface area is 99.4 Å². The molecule has 0 radical (unpaired) electrons. The van der Waals surface area contributed by atoms with Gasteiger partial charge >= 0.3 is 0 Å². The molecule has 1 aliphatic heterocycles. The zero-order valence-corrected chi connectivity index (χ0v) is 10.1. The molecule has 5 heteroatoms. The summed E-state index contributed by atoms with van der Waals surface area (Å²) < 4.78 is 0. The second kappa shape index (κ2) is 4.54. The number of nitrogens with zero attached hydrogens (tertiary/aromatic N) is 3. The van der Waals surface area contributed by atoms with Gasteiger partial charge in [0.25, 0.3) is 0 Å². The number of hydrogen-bond donors (Lipinski definition) is 0. The van der Waals surface area contributed by atoms with Crippen molar-refractivity contribution < 1.29 is 0 Å². The molecule has 0 saturated carbocycles. The van der Waals surface area contributed by atoms with Gasteiger partial charge in [-0.05, 0) is 18.8 Å². The Balaban J connectivity index is 2.15. The minimum absolute atomic E-state index is 0.406. The van der Waals surface area contributed by atoms with Crippen LogP contribution in [-0.4, -0.2) is 23.1 Å². The van der Waals surface area contributed by atoms with E-state index in [9.17, 15) is 0 Å². The Bertz CT molecular complexity index is 328. The van der Waals surface area contributed by atoms with Crippen LogP contribution in [0.25, 0.3) is 0 Å². The summed E-state index contributed by atoms with van der Waals surface area (Å²) in [5.74, 6) is 1.44. The molecule has 0 bridgehead atoms. The fourth-order valence-corrected chi connectivity index (χ4v) is 2.14. The van der Waals surface area contributed by atoms with Gasteiger partial charge in [0.1, 0.15) is 10.3 Å². The van der Waals surface area contributed by atoms with Crippen molar-refractivity contribution in [2.24, 2.45) is 5.92 Å². The normalized spacial score (nSPS) is 18.2. The van der Waals surface area contributed by atoms with Gasteiger partial charge in [-0.25, -0.2) is 9.97 Å². The monoisotopic (exact) mass is 245 g/mol. The quantitative estimate of drug-likeness (QED) is 0.713. The first-order valence-corrected chi connectivity index (χ1v) is 5.86. The topological polar surface area (TPSA) is 29.0 Å². The number of anilines is 1. The molecule has 3 nitrogen and oxygen atoms in total. The maximum atomic E-state index is 5.84. The van der Waals surface area contributed by atoms with E-state index in [1.807, 2.05) is 0 Å². The van der Waals surface area contributed by atoms with E-state index in [1.54, 1.807) is 6.07 Å². The van der Waals surface area contributed by atoms with Crippen LogP contribution in [0.5, 0.6) is 0 Å². The first-order valence-electron chi connectivity index (χ1n) is 5.10. The highest BCUT2D eigenvalue weighted by atomic mass is 35.5. The summed E-state index contributed by atoms with van der Waals surface area (Å²) in [5.41, 5.74) is 0. The first kappa shape index (κ1) is 11.0. The number of piperidine rings is 1. The van der Waals surface area contributed by atoms with Crippen LogP contribution in [0.1, 0.15) is 19.8 Å². The van der Waals surface area contributed by atoms with Crippen LogP contribution >= 0.6 is 23.2 Å². The van der Waals surface area contributed by atoms with Crippen molar-refractivity contribution in [1.29, 1.82) is 0 Å². The van der Waals surface area contributed by atoms with Gasteiger partial charge in [-0.2, -0.15) is 0 Å². The summed E-state index contributed by atoms with van der Waals surface area (Å²) >= 11 is 11.7. The minimum atomic E-state index is 0.406. The lowest BCUT2D eigenvalue weighted by atomic mass is 10.00. The van der Waals surface area contributed by atoms with E-state index in [1.165, 1.54) is 12.8 Å². The van der Waals surface area contributed by atoms with Gasteiger partial charge in [-0.3, -0.25) is 0 Å². The van der Waals surface area contributed by atoms with Crippen molar-refractivity contribution >= 4 is 29.2 Å². The summed E-state index contributed by atoms with van der Waals surface area (Å²) in [5, 5.41) is 0.812. The van der Waals surface area contributed by atoms with E-state index in [0.29, 0.717) is 16.3 Å². The molecule has 0 unspecified atom stereocenters. The molecule has 15 heavy (non-hydrogen) atoms. The Kier molecular flexibility index (Phi) is 3.32. The van der Waals surface area contributed by atoms with Crippen molar-refractivity contribution in [2.45, 2.75) is 19.8 Å². The average Bonchev–Trinajstić information content (AvgIpc) is 2.17. The van der Waals surface area contributed by atoms with Crippen molar-refractivity contribution in [1.82, 2.24) is 9.97 Å². The lowest BCUT2D eigenvalue weighted by Gasteiger charge is -2.30. The van der Waals surface area contributed by atoms with Gasteiger partial charge in [0.05, 0.1) is 0 Å². The number of rotatable bonds is 1. The zero-order chi connectivity index (χ0) is 10.8. The van der Waals surface area contributed by atoms with Gasteiger partial charge in [-0.1, -0.05) is 30.1 Å². The predicted octanol–water partition coefficient (Wildman–Crippen LogP) is 3.02. The van der Waals surface area contributed by atoms with Crippen LogP contribution in [0, 0.1) is 5.92 Å². The van der Waals surface area contributed by atoms with E-state index in [-0.39, 0.29) is 0 Å². The third-order valence-corrected chi connectivity index (χ3v) is 3.11. The predicted molar refractivity (Wildman–Crippen MR) is 62.7 cm³/mol. The maximum absolute atomic E-state index is 5.84. The lowest BCUT2D eigenvalue weighted by Crippen LogP contribution is -2.34. The summed E-state index contributed by atoms with van der Waals surface area (Å²) in [4.78, 5) is 10.5. The molecule has 2 heterocycles. The molecule has 0 amide bonds. The molecular weight excluding hydrogens is 233 g/mol. The minimum Gasteiger partial charge on any atom is -0.341 e. The SMILES string of the molecule is CC1CCN(c2nc(Cl)cc(Cl)n2)CC1. The number of halogens is 2. The Morgan fingerprint density at radius 1 is 1.20 bits per heavy atom. The first-order chi connectivity index (χ1) is 7.15. The molecule has 1 aliphatic rings. The standard InChI is InChI=1S/C10H13Cl2N3/c1-7-2-4-15(5-3-7)10-13-8(11)6-9(12)14-10/h6-7H,2-5H2,1H3. The molecule has 0 atom stereocenters. The largest absolute Gasteiger partial charge is 0.341 e. The van der Waals surface area contributed by atoms with Crippen molar-refractivity contribution in [2.75, 3.05) is 18.0 Å². The summed E-state index contributed by atoms with van der Waals surface area (Å²) in [6, 6.07) is 1.55. The van der Waals surface area contributed by atoms with Gasteiger partial charge in [0.15, 0.2) is 0 Å². The third-order valence-electron chi connectivity index (χ3n) is 2.72. The van der Waals surface area contributed by atoms with Crippen molar-refractivity contribution in [3.05, 3.63) is 16.4 Å². The molecule has 1 fully saturated rings. The fraction of sp³-hybridized carbons (Fsp3) is 0.600. The third kappa shape index (κ3) is 2.73. The average molecular weight is 246 g/mol. The molecule has 0 N–H and O–H groups in total. The second-order valence-electron chi connectivity index (χ2n) is 3.98. The van der Waals surface area contributed by atoms with Crippen LogP contribution in [0.15, 0.2) is 6.07 Å². The molecule has 82 valence electrons. The fourth-order valence-electron chi connectivity index (χ4n) is 1.73. The molecule has 1 aromatic rings. The highest BCUT2D eigenvalue weighted by Crippen LogP contribution is 2.22. The molecule has 2 rings (SSSR count). The summed E-state index contributed by atoms with van der Waals surface area (Å²) in [7, 11) is 0. The Morgan fingerprint density at radius 2 is 1.73 bits per heavy atom. The van der Waals surface area contributed by atoms with E-state index in [2.05, 4.69) is 21.8 Å². The molecule has 0 spiro atoms. The maximum Gasteiger partial charge on any atom is 0.228 e. The van der Waals surface area contributed by atoms with E-state index in [0.717, 1.165) is 19.0 Å². The summed E-state index contributed by atoms with van der Waals surface area (Å²) in [6.45, 7) is 4.23. The lowest BCUT2D eigenvalue weighted by molar-refractivity contribution is 0.434. The molecule has 0 aliphatic carbocycles. The van der Waals surface area contributed by atoms with E-state index < -0.39 is 0 Å². The van der Waals surface area contributed by atoms with Crippen LogP contribution in [0.3, 0.4) is 0 Å². The number of hydrogen-bond acceptors (Lipinski definition) is 3. The zero-order valence-electron chi connectivity index (χ0n) is 8.58. The number of aromatic nitrogens is 2. The molecule has 1 aromatic heterocycles. The van der Waals surface area contributed by atoms with E-state index in [4.69, 9.17) is 23.2 Å². The van der Waals surface area contributed by atoms with Crippen LogP contribution in [0.4, 0.5) is 5.95 Å². The van der Waals surface area contributed by atoms with Gasteiger partial charge in [0, 0.05) is 19.2 Å². The highest BCUT2D eigenvalue weighted by Gasteiger charge is 2.18. The molecule has 0 aromatic carbocycles. The Morgan fingerprint density at radius 3 is 2.27 bits per heavy atom. The smallest absolute Gasteiger partial charge is 0.228 e. The highest BCUT2D eigenvalue weighted by molar-refractivity contribution is 6.33. The Hall–Kier alpha value is -0.540. The second-order valence-corrected chi connectivity index (χ2v) is 4.76. The molecule has 1 saturated heterocycles. The van der Waals surface area contributed by atoms with Gasteiger partial charge < -0.3 is 4.90 Å². The van der Waals surface area contributed by atoms with Crippen LogP contribution in [0.2, 0.25) is 10.3 Å². The van der Waals surface area contributed by atoms with Crippen LogP contribution in [-0.2, 0) is 0 Å². The van der Waals surface area contributed by atoms with Crippen molar-refractivity contribution in [3.8, 4) is 0 Å². The van der Waals surface area contributed by atoms with Gasteiger partial charge in [0.2, 0.25) is 5.95 Å². The van der Waals surface area contributed by atoms with Crippen LogP contribution < -0.4 is 4.90 Å². The van der Waals surface area contributed by atoms with E-state index >= 15 is 0 Å². The summed E-state index contributed by atoms with van der Waals surface area (Å²) in [6.07, 6.45) is 2.35. The van der Waals surface area contributed by atoms with Crippen molar-refractivity contribution in [3.63, 3.8) is 0 Å². The van der Waals surface area contributed by atoms with Gasteiger partial charge in [-0.15, -0.1) is 0 Å².